The number of nitrogens with one attached hydrogen (secondary N) is 2. The number of para-hydroxylation sites is 1. The highest BCUT2D eigenvalue weighted by Crippen LogP contribution is 2.20. The number of ether oxygens (including phenoxy) is 1. The molecule has 3 rings (SSSR count). The molecule has 0 unspecified atom stereocenters. The first-order chi connectivity index (χ1) is 11.2. The maximum atomic E-state index is 12.4. The van der Waals surface area contributed by atoms with Gasteiger partial charge in [0.2, 0.25) is 0 Å². The predicted molar refractivity (Wildman–Crippen MR) is 86.5 cm³/mol. The largest absolute Gasteiger partial charge is 0.466 e. The van der Waals surface area contributed by atoms with E-state index in [9.17, 15) is 9.59 Å². The maximum Gasteiger partial charge on any atom is 0.311 e. The molecular weight excluding hydrogens is 316 g/mol. The molecule has 7 nitrogen and oxygen atoms in total. The predicted octanol–water partition coefficient (Wildman–Crippen LogP) is 2.38. The molecule has 2 N–H and O–H groups in total. The van der Waals surface area contributed by atoms with Crippen LogP contribution in [0.1, 0.15) is 23.0 Å². The summed E-state index contributed by atoms with van der Waals surface area (Å²) in [6.45, 7) is 2.08. The first kappa shape index (κ1) is 15.2. The quantitative estimate of drug-likeness (QED) is 0.700. The van der Waals surface area contributed by atoms with E-state index in [1.165, 1.54) is 11.3 Å². The molecule has 118 valence electrons. The van der Waals surface area contributed by atoms with E-state index >= 15 is 0 Å². The second kappa shape index (κ2) is 6.57. The van der Waals surface area contributed by atoms with Gasteiger partial charge in [-0.25, -0.2) is 4.98 Å². The lowest BCUT2D eigenvalue weighted by atomic mass is 10.1. The van der Waals surface area contributed by atoms with E-state index in [4.69, 9.17) is 4.74 Å². The highest BCUT2D eigenvalue weighted by atomic mass is 32.1. The number of H-pyrrole nitrogens is 1. The van der Waals surface area contributed by atoms with Gasteiger partial charge < -0.3 is 4.74 Å². The van der Waals surface area contributed by atoms with Crippen LogP contribution in [0.2, 0.25) is 0 Å². The van der Waals surface area contributed by atoms with Crippen molar-refractivity contribution < 1.29 is 14.3 Å². The third-order valence-electron chi connectivity index (χ3n) is 3.12. The third-order valence-corrected chi connectivity index (χ3v) is 3.93. The Morgan fingerprint density at radius 3 is 3.09 bits per heavy atom. The van der Waals surface area contributed by atoms with Gasteiger partial charge in [0.25, 0.3) is 5.91 Å². The van der Waals surface area contributed by atoms with Crippen molar-refractivity contribution in [3.63, 3.8) is 0 Å². The first-order valence-electron chi connectivity index (χ1n) is 7.01. The van der Waals surface area contributed by atoms with Crippen molar-refractivity contribution in [3.05, 3.63) is 41.0 Å². The number of aromatic nitrogens is 3. The summed E-state index contributed by atoms with van der Waals surface area (Å²) >= 11 is 1.26. The minimum atomic E-state index is -0.335. The number of amides is 1. The van der Waals surface area contributed by atoms with Crippen LogP contribution >= 0.6 is 11.3 Å². The Kier molecular flexibility index (Phi) is 4.33. The maximum absolute atomic E-state index is 12.4. The van der Waals surface area contributed by atoms with Gasteiger partial charge >= 0.3 is 5.97 Å². The van der Waals surface area contributed by atoms with E-state index in [0.717, 1.165) is 5.39 Å². The van der Waals surface area contributed by atoms with Crippen molar-refractivity contribution in [2.24, 2.45) is 0 Å². The number of carbonyl (C=O) groups excluding carboxylic acids is 2. The molecule has 0 atom stereocenters. The number of benzene rings is 1. The molecule has 0 saturated carbocycles. The Labute approximate surface area is 135 Å². The standard InChI is InChI=1S/C15H14N4O3S/c1-2-22-12(20)6-10-8-23-15(17-10)18-14(21)11-5-3-4-9-7-16-19-13(9)11/h3-5,7-8H,2,6H2,1H3,(H,16,19)(H,17,18,21). The van der Waals surface area contributed by atoms with E-state index < -0.39 is 0 Å². The third kappa shape index (κ3) is 3.37. The fourth-order valence-electron chi connectivity index (χ4n) is 2.13. The van der Waals surface area contributed by atoms with Crippen molar-refractivity contribution in [2.75, 3.05) is 11.9 Å². The molecule has 0 aliphatic rings. The molecular formula is C15H14N4O3S. The molecule has 2 heterocycles. The summed E-state index contributed by atoms with van der Waals surface area (Å²) in [6, 6.07) is 5.38. The Hall–Kier alpha value is -2.74. The van der Waals surface area contributed by atoms with Crippen LogP contribution in [0.25, 0.3) is 10.9 Å². The molecule has 23 heavy (non-hydrogen) atoms. The Bertz CT molecular complexity index is 855. The summed E-state index contributed by atoms with van der Waals surface area (Å²) in [5.41, 5.74) is 1.74. The molecule has 2 aromatic heterocycles. The molecule has 3 aromatic rings. The summed E-state index contributed by atoms with van der Waals surface area (Å²) in [7, 11) is 0. The highest BCUT2D eigenvalue weighted by molar-refractivity contribution is 7.14. The minimum absolute atomic E-state index is 0.0936. The number of hydrogen-bond donors (Lipinski definition) is 2. The topological polar surface area (TPSA) is 97.0 Å². The van der Waals surface area contributed by atoms with Crippen molar-refractivity contribution in [3.8, 4) is 0 Å². The summed E-state index contributed by atoms with van der Waals surface area (Å²) in [4.78, 5) is 28.0. The van der Waals surface area contributed by atoms with Gasteiger partial charge in [-0.05, 0) is 13.0 Å². The Morgan fingerprint density at radius 2 is 2.26 bits per heavy atom. The van der Waals surface area contributed by atoms with Gasteiger partial charge in [0.05, 0.1) is 36.0 Å². The van der Waals surface area contributed by atoms with Gasteiger partial charge in [0.1, 0.15) is 0 Å². The zero-order valence-corrected chi connectivity index (χ0v) is 13.1. The van der Waals surface area contributed by atoms with E-state index in [0.29, 0.717) is 28.5 Å². The van der Waals surface area contributed by atoms with Crippen molar-refractivity contribution >= 4 is 39.2 Å². The van der Waals surface area contributed by atoms with E-state index in [-0.39, 0.29) is 18.3 Å². The highest BCUT2D eigenvalue weighted by Gasteiger charge is 2.14. The number of fused-ring (bicyclic) bond motifs is 1. The van der Waals surface area contributed by atoms with E-state index in [1.807, 2.05) is 6.07 Å². The minimum Gasteiger partial charge on any atom is -0.466 e. The molecule has 0 spiro atoms. The van der Waals surface area contributed by atoms with Gasteiger partial charge in [0, 0.05) is 10.8 Å². The van der Waals surface area contributed by atoms with Crippen LogP contribution in [0.4, 0.5) is 5.13 Å². The van der Waals surface area contributed by atoms with Crippen LogP contribution in [0.5, 0.6) is 0 Å². The van der Waals surface area contributed by atoms with Crippen LogP contribution in [0, 0.1) is 0 Å². The van der Waals surface area contributed by atoms with Gasteiger partial charge in [-0.2, -0.15) is 5.10 Å². The SMILES string of the molecule is CCOC(=O)Cc1csc(NC(=O)c2cccc3cn[nH]c23)n1. The number of aromatic amines is 1. The van der Waals surface area contributed by atoms with Gasteiger partial charge in [0.15, 0.2) is 5.13 Å². The number of carbonyl (C=O) groups is 2. The van der Waals surface area contributed by atoms with Crippen molar-refractivity contribution in [1.82, 2.24) is 15.2 Å². The molecule has 0 bridgehead atoms. The summed E-state index contributed by atoms with van der Waals surface area (Å²) in [5.74, 6) is -0.616. The molecule has 0 aliphatic carbocycles. The van der Waals surface area contributed by atoms with Crippen LogP contribution in [-0.4, -0.2) is 33.7 Å². The number of nitrogens with zero attached hydrogens (tertiary/aromatic N) is 2. The number of esters is 1. The van der Waals surface area contributed by atoms with E-state index in [2.05, 4.69) is 20.5 Å². The smallest absolute Gasteiger partial charge is 0.311 e. The van der Waals surface area contributed by atoms with Gasteiger partial charge in [-0.15, -0.1) is 11.3 Å². The van der Waals surface area contributed by atoms with E-state index in [1.54, 1.807) is 30.6 Å². The zero-order chi connectivity index (χ0) is 16.2. The number of rotatable bonds is 5. The molecule has 0 aliphatic heterocycles. The lowest BCUT2D eigenvalue weighted by Gasteiger charge is -2.03. The molecule has 1 aromatic carbocycles. The fourth-order valence-corrected chi connectivity index (χ4v) is 2.83. The second-order valence-corrected chi connectivity index (χ2v) is 5.58. The average Bonchev–Trinajstić information content (AvgIpc) is 3.16. The summed E-state index contributed by atoms with van der Waals surface area (Å²) in [5, 5.41) is 12.5. The zero-order valence-electron chi connectivity index (χ0n) is 12.3. The molecule has 8 heteroatoms. The monoisotopic (exact) mass is 330 g/mol. The average molecular weight is 330 g/mol. The van der Waals surface area contributed by atoms with Crippen LogP contribution in [-0.2, 0) is 16.0 Å². The molecule has 0 radical (unpaired) electrons. The molecule has 0 saturated heterocycles. The summed E-state index contributed by atoms with van der Waals surface area (Å²) in [6.07, 6.45) is 1.75. The number of thiazole rings is 1. The van der Waals surface area contributed by atoms with Gasteiger partial charge in [-0.1, -0.05) is 12.1 Å². The lowest BCUT2D eigenvalue weighted by molar-refractivity contribution is -0.142. The van der Waals surface area contributed by atoms with Crippen LogP contribution in [0.3, 0.4) is 0 Å². The summed E-state index contributed by atoms with van der Waals surface area (Å²) < 4.78 is 4.87. The normalized spacial score (nSPS) is 10.7. The van der Waals surface area contributed by atoms with Gasteiger partial charge in [-0.3, -0.25) is 20.0 Å². The van der Waals surface area contributed by atoms with Crippen molar-refractivity contribution in [2.45, 2.75) is 13.3 Å². The second-order valence-electron chi connectivity index (χ2n) is 4.72. The van der Waals surface area contributed by atoms with Crippen molar-refractivity contribution in [1.29, 1.82) is 0 Å². The Balaban J connectivity index is 1.72. The number of hydrogen-bond acceptors (Lipinski definition) is 6. The van der Waals surface area contributed by atoms with Crippen LogP contribution in [0.15, 0.2) is 29.8 Å². The molecule has 1 amide bonds. The molecule has 0 fully saturated rings. The lowest BCUT2D eigenvalue weighted by Crippen LogP contribution is -2.12. The van der Waals surface area contributed by atoms with Crippen LogP contribution < -0.4 is 5.32 Å². The first-order valence-corrected chi connectivity index (χ1v) is 7.89. The number of anilines is 1. The fraction of sp³-hybridized carbons (Fsp3) is 0.200. The Morgan fingerprint density at radius 1 is 1.39 bits per heavy atom.